The Labute approximate surface area is 198 Å². The SMILES string of the molecule is COc1cc(/C=C2\C(=O)NC(=O)N(c3ccc(O)cc3)C2=O)ccc1Cc1ccccc1Br. The predicted molar refractivity (Wildman–Crippen MR) is 127 cm³/mol. The molecule has 1 saturated heterocycles. The number of aromatic hydroxyl groups is 1. The van der Waals surface area contributed by atoms with Gasteiger partial charge in [-0.2, -0.15) is 0 Å². The molecule has 1 aliphatic heterocycles. The lowest BCUT2D eigenvalue weighted by molar-refractivity contribution is -0.122. The predicted octanol–water partition coefficient (Wildman–Crippen LogP) is 4.42. The number of phenols is 1. The van der Waals surface area contributed by atoms with Crippen molar-refractivity contribution in [3.63, 3.8) is 0 Å². The topological polar surface area (TPSA) is 95.9 Å². The first-order valence-electron chi connectivity index (χ1n) is 9.98. The average molecular weight is 507 g/mol. The average Bonchev–Trinajstić information content (AvgIpc) is 2.80. The van der Waals surface area contributed by atoms with Gasteiger partial charge in [0.05, 0.1) is 12.8 Å². The van der Waals surface area contributed by atoms with Crippen LogP contribution in [-0.2, 0) is 16.0 Å². The molecule has 1 fully saturated rings. The van der Waals surface area contributed by atoms with E-state index in [9.17, 15) is 19.5 Å². The highest BCUT2D eigenvalue weighted by molar-refractivity contribution is 9.10. The number of methoxy groups -OCH3 is 1. The minimum Gasteiger partial charge on any atom is -0.508 e. The van der Waals surface area contributed by atoms with Crippen molar-refractivity contribution in [1.29, 1.82) is 0 Å². The van der Waals surface area contributed by atoms with Gasteiger partial charge < -0.3 is 9.84 Å². The molecule has 1 heterocycles. The third kappa shape index (κ3) is 4.65. The van der Waals surface area contributed by atoms with Crippen LogP contribution in [-0.4, -0.2) is 30.1 Å². The lowest BCUT2D eigenvalue weighted by Crippen LogP contribution is -2.54. The minimum atomic E-state index is -0.853. The lowest BCUT2D eigenvalue weighted by atomic mass is 10.0. The minimum absolute atomic E-state index is 0.00910. The van der Waals surface area contributed by atoms with Crippen LogP contribution in [0.25, 0.3) is 6.08 Å². The number of carbonyl (C=O) groups excluding carboxylic acids is 3. The molecule has 166 valence electrons. The molecule has 0 unspecified atom stereocenters. The molecule has 3 aromatic carbocycles. The first-order chi connectivity index (χ1) is 15.9. The summed E-state index contributed by atoms with van der Waals surface area (Å²) in [4.78, 5) is 38.6. The van der Waals surface area contributed by atoms with E-state index in [0.717, 1.165) is 20.5 Å². The Morgan fingerprint density at radius 3 is 2.42 bits per heavy atom. The van der Waals surface area contributed by atoms with Gasteiger partial charge in [-0.15, -0.1) is 0 Å². The molecule has 0 radical (unpaired) electrons. The van der Waals surface area contributed by atoms with E-state index in [0.29, 0.717) is 17.7 Å². The molecule has 33 heavy (non-hydrogen) atoms. The number of nitrogens with zero attached hydrogens (tertiary/aromatic N) is 1. The molecule has 0 atom stereocenters. The quantitative estimate of drug-likeness (QED) is 0.394. The number of carbonyl (C=O) groups is 3. The van der Waals surface area contributed by atoms with Crippen molar-refractivity contribution in [3.05, 3.63) is 93.5 Å². The van der Waals surface area contributed by atoms with Crippen molar-refractivity contribution in [2.24, 2.45) is 0 Å². The second-order valence-electron chi connectivity index (χ2n) is 7.31. The third-order valence-electron chi connectivity index (χ3n) is 5.17. The van der Waals surface area contributed by atoms with Crippen molar-refractivity contribution in [1.82, 2.24) is 5.32 Å². The fraction of sp³-hybridized carbons (Fsp3) is 0.0800. The fourth-order valence-corrected chi connectivity index (χ4v) is 3.93. The number of hydrogen-bond acceptors (Lipinski definition) is 5. The van der Waals surface area contributed by atoms with Gasteiger partial charge >= 0.3 is 6.03 Å². The second kappa shape index (κ2) is 9.30. The number of rotatable bonds is 5. The molecule has 0 bridgehead atoms. The number of amides is 4. The van der Waals surface area contributed by atoms with Crippen LogP contribution in [0.3, 0.4) is 0 Å². The highest BCUT2D eigenvalue weighted by atomic mass is 79.9. The van der Waals surface area contributed by atoms with Crippen LogP contribution >= 0.6 is 15.9 Å². The number of barbiturate groups is 1. The molecule has 0 saturated carbocycles. The number of nitrogens with one attached hydrogen (secondary N) is 1. The van der Waals surface area contributed by atoms with Gasteiger partial charge in [0.2, 0.25) is 0 Å². The zero-order chi connectivity index (χ0) is 23.5. The van der Waals surface area contributed by atoms with E-state index in [1.54, 1.807) is 19.2 Å². The van der Waals surface area contributed by atoms with Gasteiger partial charge in [0.1, 0.15) is 17.1 Å². The number of phenolic OH excluding ortho intramolecular Hbond substituents is 1. The Bertz CT molecular complexity index is 1280. The molecule has 0 spiro atoms. The van der Waals surface area contributed by atoms with Crippen LogP contribution in [0.1, 0.15) is 16.7 Å². The Kier molecular flexibility index (Phi) is 6.28. The number of imide groups is 2. The second-order valence-corrected chi connectivity index (χ2v) is 8.17. The number of hydrogen-bond donors (Lipinski definition) is 2. The summed E-state index contributed by atoms with van der Waals surface area (Å²) in [7, 11) is 1.56. The molecular weight excluding hydrogens is 488 g/mol. The van der Waals surface area contributed by atoms with E-state index in [1.165, 1.54) is 30.3 Å². The van der Waals surface area contributed by atoms with Gasteiger partial charge in [-0.1, -0.05) is 46.3 Å². The van der Waals surface area contributed by atoms with Gasteiger partial charge in [0.15, 0.2) is 0 Å². The van der Waals surface area contributed by atoms with E-state index in [1.807, 2.05) is 30.3 Å². The summed E-state index contributed by atoms with van der Waals surface area (Å²) in [6, 6.07) is 18.0. The summed E-state index contributed by atoms with van der Waals surface area (Å²) in [5, 5.41) is 11.7. The van der Waals surface area contributed by atoms with Crippen molar-refractivity contribution in [2.75, 3.05) is 12.0 Å². The van der Waals surface area contributed by atoms with Crippen molar-refractivity contribution in [3.8, 4) is 11.5 Å². The molecule has 0 aromatic heterocycles. The highest BCUT2D eigenvalue weighted by Gasteiger charge is 2.36. The van der Waals surface area contributed by atoms with Crippen molar-refractivity contribution >= 4 is 45.5 Å². The molecule has 4 amide bonds. The monoisotopic (exact) mass is 506 g/mol. The maximum Gasteiger partial charge on any atom is 0.335 e. The van der Waals surface area contributed by atoms with Gasteiger partial charge in [-0.05, 0) is 59.2 Å². The summed E-state index contributed by atoms with van der Waals surface area (Å²) in [5.41, 5.74) is 2.64. The number of halogens is 1. The first-order valence-corrected chi connectivity index (χ1v) is 10.8. The Morgan fingerprint density at radius 2 is 1.73 bits per heavy atom. The van der Waals surface area contributed by atoms with Crippen molar-refractivity contribution < 1.29 is 24.2 Å². The third-order valence-corrected chi connectivity index (χ3v) is 5.94. The van der Waals surface area contributed by atoms with Crippen LogP contribution in [0.15, 0.2) is 76.8 Å². The van der Waals surface area contributed by atoms with Gasteiger partial charge in [0, 0.05) is 10.9 Å². The zero-order valence-corrected chi connectivity index (χ0v) is 19.1. The van der Waals surface area contributed by atoms with Crippen LogP contribution in [0.5, 0.6) is 11.5 Å². The summed E-state index contributed by atoms with van der Waals surface area (Å²) in [6.07, 6.45) is 2.05. The number of urea groups is 1. The lowest BCUT2D eigenvalue weighted by Gasteiger charge is -2.26. The normalized spacial score (nSPS) is 15.0. The largest absolute Gasteiger partial charge is 0.508 e. The molecule has 3 aromatic rings. The summed E-state index contributed by atoms with van der Waals surface area (Å²) in [6.45, 7) is 0. The maximum absolute atomic E-state index is 13.0. The van der Waals surface area contributed by atoms with E-state index in [2.05, 4.69) is 21.2 Å². The molecule has 1 aliphatic rings. The zero-order valence-electron chi connectivity index (χ0n) is 17.5. The molecule has 2 N–H and O–H groups in total. The van der Waals surface area contributed by atoms with Crippen molar-refractivity contribution in [2.45, 2.75) is 6.42 Å². The fourth-order valence-electron chi connectivity index (χ4n) is 3.50. The number of ether oxygens (including phenoxy) is 1. The van der Waals surface area contributed by atoms with Crippen LogP contribution < -0.4 is 15.0 Å². The molecular formula is C25H19BrN2O5. The van der Waals surface area contributed by atoms with Gasteiger partial charge in [0.25, 0.3) is 11.8 Å². The number of anilines is 1. The highest BCUT2D eigenvalue weighted by Crippen LogP contribution is 2.28. The smallest absolute Gasteiger partial charge is 0.335 e. The first kappa shape index (κ1) is 22.3. The van der Waals surface area contributed by atoms with Crippen LogP contribution in [0.4, 0.5) is 10.5 Å². The Balaban J connectivity index is 1.66. The standard InChI is InChI=1S/C25H19BrN2O5/c1-33-22-13-15(6-7-17(22)14-16-4-2-3-5-21(16)26)12-20-23(30)27-25(32)28(24(20)31)18-8-10-19(29)11-9-18/h2-13,29H,14H2,1H3,(H,27,30,32)/b20-12+. The summed E-state index contributed by atoms with van der Waals surface area (Å²) < 4.78 is 6.53. The van der Waals surface area contributed by atoms with Gasteiger partial charge in [-0.3, -0.25) is 14.9 Å². The number of benzene rings is 3. The Hall–Kier alpha value is -3.91. The van der Waals surface area contributed by atoms with E-state index in [-0.39, 0.29) is 17.0 Å². The molecule has 7 nitrogen and oxygen atoms in total. The van der Waals surface area contributed by atoms with Gasteiger partial charge in [-0.25, -0.2) is 9.69 Å². The molecule has 4 rings (SSSR count). The van der Waals surface area contributed by atoms with E-state index in [4.69, 9.17) is 4.74 Å². The molecule has 8 heteroatoms. The maximum atomic E-state index is 13.0. The summed E-state index contributed by atoms with van der Waals surface area (Å²) >= 11 is 3.55. The van der Waals surface area contributed by atoms with Crippen LogP contribution in [0, 0.1) is 0 Å². The van der Waals surface area contributed by atoms with E-state index >= 15 is 0 Å². The summed E-state index contributed by atoms with van der Waals surface area (Å²) in [5.74, 6) is -0.942. The Morgan fingerprint density at radius 1 is 1.00 bits per heavy atom. The van der Waals surface area contributed by atoms with E-state index < -0.39 is 17.8 Å². The van der Waals surface area contributed by atoms with Crippen LogP contribution in [0.2, 0.25) is 0 Å². The molecule has 0 aliphatic carbocycles.